The SMILES string of the molecule is O=C(O)Cc1cc(Cl)n2nc(-c3ccc(F)cc3)cc2n1. The van der Waals surface area contributed by atoms with Crippen LogP contribution in [0.3, 0.4) is 0 Å². The summed E-state index contributed by atoms with van der Waals surface area (Å²) in [6, 6.07) is 9.01. The van der Waals surface area contributed by atoms with Crippen LogP contribution in [0.25, 0.3) is 16.9 Å². The summed E-state index contributed by atoms with van der Waals surface area (Å²) in [4.78, 5) is 14.9. The number of carboxylic acid groups (broad SMARTS) is 1. The molecule has 2 aromatic heterocycles. The predicted molar refractivity (Wildman–Crippen MR) is 74.7 cm³/mol. The van der Waals surface area contributed by atoms with Crippen LogP contribution in [0.1, 0.15) is 5.69 Å². The summed E-state index contributed by atoms with van der Waals surface area (Å²) in [5.41, 5.74) is 2.10. The zero-order valence-corrected chi connectivity index (χ0v) is 11.4. The van der Waals surface area contributed by atoms with Crippen molar-refractivity contribution >= 4 is 23.2 Å². The second kappa shape index (κ2) is 5.14. The van der Waals surface area contributed by atoms with Gasteiger partial charge >= 0.3 is 5.97 Å². The van der Waals surface area contributed by atoms with Crippen LogP contribution in [0.2, 0.25) is 5.15 Å². The predicted octanol–water partition coefficient (Wildman–Crippen LogP) is 2.82. The van der Waals surface area contributed by atoms with Crippen molar-refractivity contribution < 1.29 is 14.3 Å². The fraction of sp³-hybridized carbons (Fsp3) is 0.0714. The van der Waals surface area contributed by atoms with Crippen molar-refractivity contribution in [1.82, 2.24) is 14.6 Å². The maximum atomic E-state index is 12.9. The van der Waals surface area contributed by atoms with E-state index in [-0.39, 0.29) is 17.4 Å². The van der Waals surface area contributed by atoms with E-state index in [0.717, 1.165) is 5.56 Å². The normalized spacial score (nSPS) is 11.0. The summed E-state index contributed by atoms with van der Waals surface area (Å²) in [5, 5.41) is 13.4. The van der Waals surface area contributed by atoms with E-state index in [9.17, 15) is 9.18 Å². The first-order chi connectivity index (χ1) is 10.0. The van der Waals surface area contributed by atoms with Crippen molar-refractivity contribution in [3.63, 3.8) is 0 Å². The molecule has 0 atom stereocenters. The Balaban J connectivity index is 2.09. The Labute approximate surface area is 123 Å². The second-order valence-electron chi connectivity index (χ2n) is 4.45. The molecule has 21 heavy (non-hydrogen) atoms. The molecule has 0 aliphatic carbocycles. The van der Waals surface area contributed by atoms with Crippen LogP contribution >= 0.6 is 11.6 Å². The fourth-order valence-electron chi connectivity index (χ4n) is 1.99. The Bertz CT molecular complexity index is 830. The van der Waals surface area contributed by atoms with Gasteiger partial charge < -0.3 is 5.11 Å². The average molecular weight is 306 g/mol. The highest BCUT2D eigenvalue weighted by Crippen LogP contribution is 2.22. The smallest absolute Gasteiger partial charge is 0.309 e. The van der Waals surface area contributed by atoms with Gasteiger partial charge in [-0.15, -0.1) is 0 Å². The monoisotopic (exact) mass is 305 g/mol. The number of aliphatic carboxylic acids is 1. The molecule has 0 spiro atoms. The molecule has 2 heterocycles. The van der Waals surface area contributed by atoms with E-state index in [1.54, 1.807) is 18.2 Å². The molecule has 0 saturated heterocycles. The van der Waals surface area contributed by atoms with E-state index < -0.39 is 5.97 Å². The molecule has 0 saturated carbocycles. The fourth-order valence-corrected chi connectivity index (χ4v) is 2.24. The minimum atomic E-state index is -0.985. The van der Waals surface area contributed by atoms with Crippen molar-refractivity contribution in [3.8, 4) is 11.3 Å². The summed E-state index contributed by atoms with van der Waals surface area (Å²) in [6.07, 6.45) is -0.215. The third-order valence-electron chi connectivity index (χ3n) is 2.91. The number of hydrogen-bond donors (Lipinski definition) is 1. The zero-order chi connectivity index (χ0) is 15.0. The number of carbonyl (C=O) groups is 1. The Hall–Kier alpha value is -2.47. The molecule has 1 N–H and O–H groups in total. The standard InChI is InChI=1S/C14H9ClFN3O2/c15-12-5-10(6-14(20)21)17-13-7-11(18-19(12)13)8-1-3-9(16)4-2-8/h1-5,7H,6H2,(H,20,21). The third kappa shape index (κ3) is 2.71. The first kappa shape index (κ1) is 13.5. The quantitative estimate of drug-likeness (QED) is 0.756. The first-order valence-electron chi connectivity index (χ1n) is 6.06. The summed E-state index contributed by atoms with van der Waals surface area (Å²) in [5.74, 6) is -1.32. The highest BCUT2D eigenvalue weighted by Gasteiger charge is 2.11. The molecule has 0 aliphatic heterocycles. The van der Waals surface area contributed by atoms with Crippen molar-refractivity contribution in [2.24, 2.45) is 0 Å². The van der Waals surface area contributed by atoms with Crippen LogP contribution in [0.15, 0.2) is 36.4 Å². The molecule has 0 unspecified atom stereocenters. The number of hydrogen-bond acceptors (Lipinski definition) is 3. The number of carboxylic acids is 1. The third-order valence-corrected chi connectivity index (χ3v) is 3.18. The average Bonchev–Trinajstić information content (AvgIpc) is 2.83. The van der Waals surface area contributed by atoms with Crippen LogP contribution < -0.4 is 0 Å². The van der Waals surface area contributed by atoms with Gasteiger partial charge in [0.05, 0.1) is 17.8 Å². The molecule has 5 nitrogen and oxygen atoms in total. The lowest BCUT2D eigenvalue weighted by atomic mass is 10.1. The Morgan fingerprint density at radius 1 is 1.29 bits per heavy atom. The molecule has 0 amide bonds. The lowest BCUT2D eigenvalue weighted by molar-refractivity contribution is -0.136. The number of fused-ring (bicyclic) bond motifs is 1. The van der Waals surface area contributed by atoms with Crippen molar-refractivity contribution in [2.45, 2.75) is 6.42 Å². The molecule has 0 bridgehead atoms. The van der Waals surface area contributed by atoms with Gasteiger partial charge in [0.1, 0.15) is 11.0 Å². The van der Waals surface area contributed by atoms with E-state index in [2.05, 4.69) is 10.1 Å². The van der Waals surface area contributed by atoms with Crippen molar-refractivity contribution in [1.29, 1.82) is 0 Å². The molecule has 3 rings (SSSR count). The van der Waals surface area contributed by atoms with E-state index in [1.165, 1.54) is 22.7 Å². The molecule has 0 radical (unpaired) electrons. The molecule has 106 valence electrons. The van der Waals surface area contributed by atoms with E-state index >= 15 is 0 Å². The highest BCUT2D eigenvalue weighted by atomic mass is 35.5. The molecule has 0 fully saturated rings. The van der Waals surface area contributed by atoms with Crippen LogP contribution in [-0.2, 0) is 11.2 Å². The van der Waals surface area contributed by atoms with Crippen LogP contribution in [0.5, 0.6) is 0 Å². The van der Waals surface area contributed by atoms with Gasteiger partial charge in [0.15, 0.2) is 5.65 Å². The molecule has 0 aliphatic rings. The van der Waals surface area contributed by atoms with Gasteiger partial charge in [-0.1, -0.05) is 11.6 Å². The number of benzene rings is 1. The Morgan fingerprint density at radius 2 is 2.00 bits per heavy atom. The molecule has 3 aromatic rings. The lowest BCUT2D eigenvalue weighted by Crippen LogP contribution is -2.04. The van der Waals surface area contributed by atoms with Gasteiger partial charge in [0, 0.05) is 11.6 Å². The van der Waals surface area contributed by atoms with E-state index in [1.807, 2.05) is 0 Å². The van der Waals surface area contributed by atoms with Gasteiger partial charge in [-0.2, -0.15) is 5.10 Å². The van der Waals surface area contributed by atoms with Gasteiger partial charge in [0.2, 0.25) is 0 Å². The maximum absolute atomic E-state index is 12.9. The van der Waals surface area contributed by atoms with E-state index in [0.29, 0.717) is 17.0 Å². The number of aromatic nitrogens is 3. The topological polar surface area (TPSA) is 67.5 Å². The summed E-state index contributed by atoms with van der Waals surface area (Å²) in [7, 11) is 0. The highest BCUT2D eigenvalue weighted by molar-refractivity contribution is 6.29. The van der Waals surface area contributed by atoms with Gasteiger partial charge in [-0.3, -0.25) is 4.79 Å². The largest absolute Gasteiger partial charge is 0.481 e. The molecular weight excluding hydrogens is 297 g/mol. The van der Waals surface area contributed by atoms with E-state index in [4.69, 9.17) is 16.7 Å². The number of rotatable bonds is 3. The first-order valence-corrected chi connectivity index (χ1v) is 6.43. The molecule has 7 heteroatoms. The lowest BCUT2D eigenvalue weighted by Gasteiger charge is -2.00. The van der Waals surface area contributed by atoms with Gasteiger partial charge in [-0.25, -0.2) is 13.9 Å². The zero-order valence-electron chi connectivity index (χ0n) is 10.6. The maximum Gasteiger partial charge on any atom is 0.309 e. The summed E-state index contributed by atoms with van der Waals surface area (Å²) in [6.45, 7) is 0. The van der Waals surface area contributed by atoms with Gasteiger partial charge in [-0.05, 0) is 30.3 Å². The minimum absolute atomic E-state index is 0.215. The van der Waals surface area contributed by atoms with Crippen LogP contribution in [0.4, 0.5) is 4.39 Å². The minimum Gasteiger partial charge on any atom is -0.481 e. The van der Waals surface area contributed by atoms with Crippen LogP contribution in [-0.4, -0.2) is 25.7 Å². The van der Waals surface area contributed by atoms with Crippen molar-refractivity contribution in [2.75, 3.05) is 0 Å². The second-order valence-corrected chi connectivity index (χ2v) is 4.83. The molecule has 1 aromatic carbocycles. The van der Waals surface area contributed by atoms with Gasteiger partial charge in [0.25, 0.3) is 0 Å². The number of nitrogens with zero attached hydrogens (tertiary/aromatic N) is 3. The Kier molecular flexibility index (Phi) is 3.31. The van der Waals surface area contributed by atoms with Crippen LogP contribution in [0, 0.1) is 5.82 Å². The summed E-state index contributed by atoms with van der Waals surface area (Å²) < 4.78 is 14.3. The molecular formula is C14H9ClFN3O2. The Morgan fingerprint density at radius 3 is 2.67 bits per heavy atom. The van der Waals surface area contributed by atoms with Crippen molar-refractivity contribution in [3.05, 3.63) is 53.1 Å². The summed E-state index contributed by atoms with van der Waals surface area (Å²) >= 11 is 6.08. The number of halogens is 2.